The van der Waals surface area contributed by atoms with Crippen molar-refractivity contribution in [3.8, 4) is 11.5 Å². The lowest BCUT2D eigenvalue weighted by molar-refractivity contribution is -0.119. The van der Waals surface area contributed by atoms with Gasteiger partial charge in [0.1, 0.15) is 11.5 Å². The largest absolute Gasteiger partial charge is 0.457 e. The van der Waals surface area contributed by atoms with Crippen LogP contribution >= 0.6 is 23.1 Å². The number of urea groups is 1. The minimum Gasteiger partial charge on any atom is -0.457 e. The number of thioether (sulfide) groups is 1. The van der Waals surface area contributed by atoms with Crippen molar-refractivity contribution >= 4 is 45.9 Å². The molecule has 1 atom stereocenters. The molecule has 0 aliphatic carbocycles. The SMILES string of the molecule is CNC(=O)NC(=O)C(C)Sc1nnc(Nc2ccc(Oc3ccccc3)cc2)s1. The van der Waals surface area contributed by atoms with Crippen molar-refractivity contribution < 1.29 is 14.3 Å². The molecule has 3 aromatic rings. The van der Waals surface area contributed by atoms with Gasteiger partial charge in [-0.1, -0.05) is 41.3 Å². The molecule has 3 N–H and O–H groups in total. The zero-order valence-electron chi connectivity index (χ0n) is 15.7. The molecule has 10 heteroatoms. The molecule has 1 unspecified atom stereocenters. The summed E-state index contributed by atoms with van der Waals surface area (Å²) in [5, 5.41) is 16.0. The fraction of sp³-hybridized carbons (Fsp3) is 0.158. The number of para-hydroxylation sites is 1. The van der Waals surface area contributed by atoms with Crippen molar-refractivity contribution in [3.05, 3.63) is 54.6 Å². The first kappa shape index (κ1) is 20.6. The van der Waals surface area contributed by atoms with Crippen molar-refractivity contribution in [1.29, 1.82) is 0 Å². The number of anilines is 2. The molecule has 150 valence electrons. The molecule has 8 nitrogen and oxygen atoms in total. The molecule has 0 bridgehead atoms. The summed E-state index contributed by atoms with van der Waals surface area (Å²) in [5.74, 6) is 1.10. The number of hydrogen-bond donors (Lipinski definition) is 3. The lowest BCUT2D eigenvalue weighted by Gasteiger charge is -2.08. The van der Waals surface area contributed by atoms with Gasteiger partial charge in [-0.2, -0.15) is 0 Å². The van der Waals surface area contributed by atoms with Gasteiger partial charge in [0.15, 0.2) is 4.34 Å². The van der Waals surface area contributed by atoms with E-state index in [0.717, 1.165) is 17.2 Å². The van der Waals surface area contributed by atoms with Crippen LogP contribution in [0.15, 0.2) is 58.9 Å². The second kappa shape index (κ2) is 9.89. The van der Waals surface area contributed by atoms with Gasteiger partial charge in [-0.15, -0.1) is 10.2 Å². The summed E-state index contributed by atoms with van der Waals surface area (Å²) in [7, 11) is 1.45. The van der Waals surface area contributed by atoms with E-state index in [1.54, 1.807) is 6.92 Å². The number of nitrogens with one attached hydrogen (secondary N) is 3. The summed E-state index contributed by atoms with van der Waals surface area (Å²) >= 11 is 2.55. The number of aromatic nitrogens is 2. The highest BCUT2D eigenvalue weighted by Crippen LogP contribution is 2.31. The molecule has 3 amide bonds. The molecule has 0 spiro atoms. The quantitative estimate of drug-likeness (QED) is 0.487. The summed E-state index contributed by atoms with van der Waals surface area (Å²) in [4.78, 5) is 23.1. The van der Waals surface area contributed by atoms with Crippen molar-refractivity contribution in [2.45, 2.75) is 16.5 Å². The Morgan fingerprint density at radius 1 is 1.03 bits per heavy atom. The Morgan fingerprint density at radius 2 is 1.72 bits per heavy atom. The van der Waals surface area contributed by atoms with Gasteiger partial charge in [0.05, 0.1) is 5.25 Å². The van der Waals surface area contributed by atoms with Gasteiger partial charge >= 0.3 is 6.03 Å². The normalized spacial score (nSPS) is 11.4. The molecule has 3 rings (SSSR count). The van der Waals surface area contributed by atoms with Crippen molar-refractivity contribution in [1.82, 2.24) is 20.8 Å². The molecular formula is C19H19N5O3S2. The van der Waals surface area contributed by atoms with Crippen LogP contribution in [0.4, 0.5) is 15.6 Å². The van der Waals surface area contributed by atoms with Crippen molar-refractivity contribution in [2.75, 3.05) is 12.4 Å². The van der Waals surface area contributed by atoms with Gasteiger partial charge in [0, 0.05) is 12.7 Å². The van der Waals surface area contributed by atoms with E-state index in [-0.39, 0.29) is 0 Å². The van der Waals surface area contributed by atoms with Gasteiger partial charge in [-0.25, -0.2) is 4.79 Å². The smallest absolute Gasteiger partial charge is 0.321 e. The lowest BCUT2D eigenvalue weighted by Crippen LogP contribution is -2.41. The Bertz CT molecular complexity index is 963. The number of benzene rings is 2. The second-order valence-corrected chi connectivity index (χ2v) is 8.33. The van der Waals surface area contributed by atoms with Crippen LogP contribution in [0.2, 0.25) is 0 Å². The monoisotopic (exact) mass is 429 g/mol. The number of carbonyl (C=O) groups excluding carboxylic acids is 2. The number of nitrogens with zero attached hydrogens (tertiary/aromatic N) is 2. The molecule has 0 aliphatic rings. The average Bonchev–Trinajstić information content (AvgIpc) is 3.16. The summed E-state index contributed by atoms with van der Waals surface area (Å²) in [5.41, 5.74) is 0.837. The maximum absolute atomic E-state index is 11.9. The number of carbonyl (C=O) groups is 2. The number of ether oxygens (including phenoxy) is 1. The third kappa shape index (κ3) is 6.19. The van der Waals surface area contributed by atoms with Crippen LogP contribution in [0.5, 0.6) is 11.5 Å². The average molecular weight is 430 g/mol. The summed E-state index contributed by atoms with van der Waals surface area (Å²) in [6, 6.07) is 16.5. The fourth-order valence-corrected chi connectivity index (χ4v) is 4.06. The lowest BCUT2D eigenvalue weighted by atomic mass is 10.3. The van der Waals surface area contributed by atoms with Crippen LogP contribution in [-0.4, -0.2) is 34.4 Å². The highest BCUT2D eigenvalue weighted by Gasteiger charge is 2.18. The van der Waals surface area contributed by atoms with Gasteiger partial charge in [-0.3, -0.25) is 10.1 Å². The van der Waals surface area contributed by atoms with E-state index in [9.17, 15) is 9.59 Å². The molecule has 29 heavy (non-hydrogen) atoms. The van der Waals surface area contributed by atoms with E-state index < -0.39 is 17.2 Å². The highest BCUT2D eigenvalue weighted by atomic mass is 32.2. The molecule has 0 fully saturated rings. The van der Waals surface area contributed by atoms with Crippen LogP contribution < -0.4 is 20.7 Å². The predicted molar refractivity (Wildman–Crippen MR) is 114 cm³/mol. The minimum atomic E-state index is -0.540. The third-order valence-corrected chi connectivity index (χ3v) is 5.62. The van der Waals surface area contributed by atoms with Gasteiger partial charge < -0.3 is 15.4 Å². The van der Waals surface area contributed by atoms with E-state index >= 15 is 0 Å². The summed E-state index contributed by atoms with van der Waals surface area (Å²) < 4.78 is 6.39. The molecule has 0 saturated carbocycles. The number of hydrogen-bond acceptors (Lipinski definition) is 8. The zero-order chi connectivity index (χ0) is 20.6. The number of rotatable bonds is 7. The fourth-order valence-electron chi connectivity index (χ4n) is 2.14. The third-order valence-electron chi connectivity index (χ3n) is 3.60. The Morgan fingerprint density at radius 3 is 2.41 bits per heavy atom. The molecule has 1 heterocycles. The van der Waals surface area contributed by atoms with E-state index in [1.165, 1.54) is 30.1 Å². The summed E-state index contributed by atoms with van der Waals surface area (Å²) in [6.07, 6.45) is 0. The topological polar surface area (TPSA) is 105 Å². The van der Waals surface area contributed by atoms with Crippen LogP contribution in [0.25, 0.3) is 0 Å². The molecule has 0 radical (unpaired) electrons. The van der Waals surface area contributed by atoms with Crippen LogP contribution in [0.3, 0.4) is 0 Å². The van der Waals surface area contributed by atoms with Crippen molar-refractivity contribution in [3.63, 3.8) is 0 Å². The van der Waals surface area contributed by atoms with Crippen molar-refractivity contribution in [2.24, 2.45) is 0 Å². The second-order valence-electron chi connectivity index (χ2n) is 5.77. The first-order chi connectivity index (χ1) is 14.0. The van der Waals surface area contributed by atoms with E-state index in [2.05, 4.69) is 26.1 Å². The molecule has 0 saturated heterocycles. The Labute approximate surface area is 176 Å². The zero-order valence-corrected chi connectivity index (χ0v) is 17.3. The Kier molecular flexibility index (Phi) is 7.04. The van der Waals surface area contributed by atoms with E-state index in [0.29, 0.717) is 9.47 Å². The summed E-state index contributed by atoms with van der Waals surface area (Å²) in [6.45, 7) is 1.70. The van der Waals surface area contributed by atoms with Crippen LogP contribution in [0, 0.1) is 0 Å². The maximum atomic E-state index is 11.9. The Hall–Kier alpha value is -3.11. The molecular weight excluding hydrogens is 410 g/mol. The first-order valence-corrected chi connectivity index (χ1v) is 10.4. The molecule has 0 aliphatic heterocycles. The highest BCUT2D eigenvalue weighted by molar-refractivity contribution is 8.02. The minimum absolute atomic E-state index is 0.395. The molecule has 1 aromatic heterocycles. The van der Waals surface area contributed by atoms with E-state index in [4.69, 9.17) is 4.74 Å². The predicted octanol–water partition coefficient (Wildman–Crippen LogP) is 4.01. The van der Waals surface area contributed by atoms with Crippen LogP contribution in [0.1, 0.15) is 6.92 Å². The van der Waals surface area contributed by atoms with Crippen LogP contribution in [-0.2, 0) is 4.79 Å². The molecule has 2 aromatic carbocycles. The number of imide groups is 1. The van der Waals surface area contributed by atoms with E-state index in [1.807, 2.05) is 54.6 Å². The van der Waals surface area contributed by atoms with Gasteiger partial charge in [-0.05, 0) is 43.3 Å². The first-order valence-electron chi connectivity index (χ1n) is 8.66. The number of amides is 3. The standard InChI is InChI=1S/C19H19N5O3S2/c1-12(16(25)22-17(26)20-2)28-19-24-23-18(29-19)21-13-8-10-15(11-9-13)27-14-6-4-3-5-7-14/h3-12H,1-2H3,(H,21,23)(H2,20,22,25,26). The van der Waals surface area contributed by atoms with Gasteiger partial charge in [0.2, 0.25) is 11.0 Å². The van der Waals surface area contributed by atoms with Gasteiger partial charge in [0.25, 0.3) is 0 Å². The maximum Gasteiger partial charge on any atom is 0.321 e. The Balaban J connectivity index is 1.54.